The van der Waals surface area contributed by atoms with E-state index in [-0.39, 0.29) is 15.7 Å². The van der Waals surface area contributed by atoms with Crippen molar-refractivity contribution in [3.05, 3.63) is 42.0 Å². The van der Waals surface area contributed by atoms with Gasteiger partial charge in [-0.25, -0.2) is 0 Å². The van der Waals surface area contributed by atoms with Gasteiger partial charge in [0.15, 0.2) is 5.91 Å². The highest BCUT2D eigenvalue weighted by Crippen LogP contribution is 2.10. The summed E-state index contributed by atoms with van der Waals surface area (Å²) in [5.74, 6) is -0.232. The molecule has 1 aromatic carbocycles. The Bertz CT molecular complexity index is 362. The lowest BCUT2D eigenvalue weighted by Gasteiger charge is -2.15. The fourth-order valence-corrected chi connectivity index (χ4v) is 2.49. The van der Waals surface area contributed by atoms with Crippen molar-refractivity contribution in [2.45, 2.75) is 26.2 Å². The SMILES string of the molecule is C=Cc1ccccc1CCO[Si]C(OCC)OCC. The van der Waals surface area contributed by atoms with Crippen molar-refractivity contribution >= 4 is 15.8 Å². The van der Waals surface area contributed by atoms with Crippen LogP contribution in [0.2, 0.25) is 0 Å². The second kappa shape index (κ2) is 9.92. The zero-order chi connectivity index (χ0) is 13.9. The van der Waals surface area contributed by atoms with E-state index in [4.69, 9.17) is 13.9 Å². The van der Waals surface area contributed by atoms with Crippen LogP contribution in [0.15, 0.2) is 30.8 Å². The maximum atomic E-state index is 5.65. The average molecular weight is 278 g/mol. The molecular weight excluding hydrogens is 256 g/mol. The first-order valence-corrected chi connectivity index (χ1v) is 7.61. The standard InChI is InChI=1S/C15H22O3Si/c1-4-13-9-7-8-10-14(13)11-12-18-19-15(16-5-2)17-6-3/h4,7-10,15H,1,5-6,11-12H2,2-3H3. The van der Waals surface area contributed by atoms with Gasteiger partial charge < -0.3 is 13.9 Å². The Kier molecular flexibility index (Phi) is 8.41. The first-order chi connectivity index (χ1) is 9.31. The van der Waals surface area contributed by atoms with Crippen molar-refractivity contribution in [2.24, 2.45) is 0 Å². The molecule has 1 rings (SSSR count). The minimum atomic E-state index is -0.232. The molecule has 2 radical (unpaired) electrons. The van der Waals surface area contributed by atoms with E-state index in [1.165, 1.54) is 11.1 Å². The summed E-state index contributed by atoms with van der Waals surface area (Å²) in [5, 5.41) is 0. The Hall–Kier alpha value is -0.943. The van der Waals surface area contributed by atoms with Crippen molar-refractivity contribution in [1.29, 1.82) is 0 Å². The molecule has 0 aliphatic rings. The Morgan fingerprint density at radius 2 is 1.89 bits per heavy atom. The monoisotopic (exact) mass is 278 g/mol. The van der Waals surface area contributed by atoms with E-state index < -0.39 is 0 Å². The summed E-state index contributed by atoms with van der Waals surface area (Å²) in [6, 6.07) is 8.22. The van der Waals surface area contributed by atoms with Crippen molar-refractivity contribution in [3.8, 4) is 0 Å². The third kappa shape index (κ3) is 6.16. The summed E-state index contributed by atoms with van der Waals surface area (Å²) in [5.41, 5.74) is 2.42. The molecule has 0 aliphatic heterocycles. The van der Waals surface area contributed by atoms with Gasteiger partial charge in [-0.2, -0.15) is 0 Å². The van der Waals surface area contributed by atoms with E-state index >= 15 is 0 Å². The predicted octanol–water partition coefficient (Wildman–Crippen LogP) is 2.86. The van der Waals surface area contributed by atoms with Gasteiger partial charge in [0.25, 0.3) is 9.76 Å². The van der Waals surface area contributed by atoms with E-state index in [9.17, 15) is 0 Å². The van der Waals surface area contributed by atoms with Gasteiger partial charge in [-0.1, -0.05) is 36.9 Å². The molecule has 0 aliphatic carbocycles. The molecule has 0 N–H and O–H groups in total. The van der Waals surface area contributed by atoms with Gasteiger partial charge in [0.2, 0.25) is 0 Å². The molecular formula is C15H22O3Si. The molecule has 0 atom stereocenters. The molecule has 0 amide bonds. The second-order valence-electron chi connectivity index (χ2n) is 3.86. The minimum Gasteiger partial charge on any atom is -0.412 e. The number of hydrogen-bond donors (Lipinski definition) is 0. The van der Waals surface area contributed by atoms with E-state index in [1.54, 1.807) is 0 Å². The number of benzene rings is 1. The van der Waals surface area contributed by atoms with E-state index in [1.807, 2.05) is 32.1 Å². The molecule has 0 unspecified atom stereocenters. The van der Waals surface area contributed by atoms with Crippen LogP contribution in [0.4, 0.5) is 0 Å². The smallest absolute Gasteiger partial charge is 0.299 e. The van der Waals surface area contributed by atoms with Gasteiger partial charge in [0.05, 0.1) is 0 Å². The summed E-state index contributed by atoms with van der Waals surface area (Å²) in [6.45, 7) is 9.67. The van der Waals surface area contributed by atoms with Crippen molar-refractivity contribution < 1.29 is 13.9 Å². The van der Waals surface area contributed by atoms with Crippen LogP contribution in [-0.2, 0) is 20.3 Å². The van der Waals surface area contributed by atoms with E-state index in [0.29, 0.717) is 19.8 Å². The molecule has 0 heterocycles. The predicted molar refractivity (Wildman–Crippen MR) is 79.0 cm³/mol. The molecule has 3 nitrogen and oxygen atoms in total. The van der Waals surface area contributed by atoms with Gasteiger partial charge >= 0.3 is 0 Å². The van der Waals surface area contributed by atoms with Crippen LogP contribution in [-0.4, -0.2) is 35.5 Å². The fourth-order valence-electron chi connectivity index (χ4n) is 1.67. The highest BCUT2D eigenvalue weighted by atomic mass is 28.2. The lowest BCUT2D eigenvalue weighted by Crippen LogP contribution is -2.27. The molecule has 104 valence electrons. The summed E-state index contributed by atoms with van der Waals surface area (Å²) in [7, 11) is 0.216. The quantitative estimate of drug-likeness (QED) is 0.374. The van der Waals surface area contributed by atoms with Gasteiger partial charge in [-0.05, 0) is 31.4 Å². The molecule has 0 fully saturated rings. The van der Waals surface area contributed by atoms with Gasteiger partial charge in [0.1, 0.15) is 0 Å². The van der Waals surface area contributed by atoms with Gasteiger partial charge in [-0.3, -0.25) is 0 Å². The van der Waals surface area contributed by atoms with E-state index in [0.717, 1.165) is 6.42 Å². The topological polar surface area (TPSA) is 27.7 Å². The second-order valence-corrected chi connectivity index (χ2v) is 4.86. The number of rotatable bonds is 10. The summed E-state index contributed by atoms with van der Waals surface area (Å²) >= 11 is 0. The lowest BCUT2D eigenvalue weighted by atomic mass is 10.1. The van der Waals surface area contributed by atoms with Crippen molar-refractivity contribution in [3.63, 3.8) is 0 Å². The number of ether oxygens (including phenoxy) is 2. The fraction of sp³-hybridized carbons (Fsp3) is 0.467. The summed E-state index contributed by atoms with van der Waals surface area (Å²) in [6.07, 6.45) is 2.75. The number of hydrogen-bond acceptors (Lipinski definition) is 3. The van der Waals surface area contributed by atoms with Crippen LogP contribution >= 0.6 is 0 Å². The van der Waals surface area contributed by atoms with Gasteiger partial charge in [-0.15, -0.1) is 0 Å². The lowest BCUT2D eigenvalue weighted by molar-refractivity contribution is -0.0898. The Morgan fingerprint density at radius 3 is 2.53 bits per heavy atom. The summed E-state index contributed by atoms with van der Waals surface area (Å²) in [4.78, 5) is 0. The Balaban J connectivity index is 2.31. The van der Waals surface area contributed by atoms with Crippen LogP contribution in [0.25, 0.3) is 6.08 Å². The summed E-state index contributed by atoms with van der Waals surface area (Å²) < 4.78 is 16.5. The first-order valence-electron chi connectivity index (χ1n) is 6.62. The maximum Gasteiger partial charge on any atom is 0.299 e. The van der Waals surface area contributed by atoms with Crippen molar-refractivity contribution in [2.75, 3.05) is 19.8 Å². The molecule has 0 spiro atoms. The average Bonchev–Trinajstić information content (AvgIpc) is 2.44. The Morgan fingerprint density at radius 1 is 1.21 bits per heavy atom. The van der Waals surface area contributed by atoms with E-state index in [2.05, 4.69) is 18.7 Å². The molecule has 0 aromatic heterocycles. The third-order valence-electron chi connectivity index (χ3n) is 2.56. The minimum absolute atomic E-state index is 0.216. The van der Waals surface area contributed by atoms with Crippen LogP contribution in [0.3, 0.4) is 0 Å². The highest BCUT2D eigenvalue weighted by Gasteiger charge is 2.10. The molecule has 1 aromatic rings. The largest absolute Gasteiger partial charge is 0.412 e. The zero-order valence-electron chi connectivity index (χ0n) is 11.7. The molecule has 0 bridgehead atoms. The maximum absolute atomic E-state index is 5.65. The van der Waals surface area contributed by atoms with Crippen LogP contribution in [0, 0.1) is 0 Å². The Labute approximate surface area is 118 Å². The zero-order valence-corrected chi connectivity index (χ0v) is 12.7. The highest BCUT2D eigenvalue weighted by molar-refractivity contribution is 6.28. The molecule has 0 saturated carbocycles. The van der Waals surface area contributed by atoms with Crippen LogP contribution in [0.5, 0.6) is 0 Å². The molecule has 19 heavy (non-hydrogen) atoms. The molecule has 4 heteroatoms. The first kappa shape index (κ1) is 16.1. The normalized spacial score (nSPS) is 10.9. The van der Waals surface area contributed by atoms with Crippen molar-refractivity contribution in [1.82, 2.24) is 0 Å². The van der Waals surface area contributed by atoms with Crippen LogP contribution < -0.4 is 0 Å². The van der Waals surface area contributed by atoms with Gasteiger partial charge in [0, 0.05) is 19.8 Å². The molecule has 0 saturated heterocycles. The third-order valence-corrected chi connectivity index (χ3v) is 3.46. The van der Waals surface area contributed by atoms with Crippen LogP contribution in [0.1, 0.15) is 25.0 Å².